The average Bonchev–Trinajstić information content (AvgIpc) is 2.80. The molecule has 1 fully saturated rings. The molecule has 0 radical (unpaired) electrons. The second-order valence-corrected chi connectivity index (χ2v) is 9.11. The summed E-state index contributed by atoms with van der Waals surface area (Å²) in [6.07, 6.45) is 2.93. The number of sulfonamides is 1. The van der Waals surface area contributed by atoms with E-state index in [0.717, 1.165) is 36.1 Å². The molecule has 170 valence electrons. The number of benzene rings is 2. The van der Waals surface area contributed by atoms with Gasteiger partial charge in [0.2, 0.25) is 10.0 Å². The summed E-state index contributed by atoms with van der Waals surface area (Å²) in [6, 6.07) is 15.0. The number of ether oxygens (including phenoxy) is 1. The molecule has 2 N–H and O–H groups in total. The molecular weight excluding hydrogens is 527 g/mol. The SMILES string of the molecule is CN=C(NCc1ccc(OC)cc1)NCc1ccccc1S(=O)(=O)N1CCCCC1.I. The van der Waals surface area contributed by atoms with Crippen LogP contribution in [0.25, 0.3) is 0 Å². The predicted molar refractivity (Wildman–Crippen MR) is 134 cm³/mol. The van der Waals surface area contributed by atoms with E-state index in [4.69, 9.17) is 4.74 Å². The maximum absolute atomic E-state index is 13.1. The number of methoxy groups -OCH3 is 1. The quantitative estimate of drug-likeness (QED) is 0.310. The van der Waals surface area contributed by atoms with Gasteiger partial charge in [-0.2, -0.15) is 4.31 Å². The number of hydrogen-bond donors (Lipinski definition) is 2. The number of nitrogens with one attached hydrogen (secondary N) is 2. The smallest absolute Gasteiger partial charge is 0.243 e. The number of halogens is 1. The highest BCUT2D eigenvalue weighted by molar-refractivity contribution is 14.0. The number of aliphatic imine (C=N–C) groups is 1. The lowest BCUT2D eigenvalue weighted by molar-refractivity contribution is 0.346. The molecule has 1 aliphatic rings. The van der Waals surface area contributed by atoms with Crippen LogP contribution < -0.4 is 15.4 Å². The first-order valence-corrected chi connectivity index (χ1v) is 11.6. The van der Waals surface area contributed by atoms with Crippen molar-refractivity contribution in [3.63, 3.8) is 0 Å². The molecule has 0 unspecified atom stereocenters. The van der Waals surface area contributed by atoms with E-state index in [-0.39, 0.29) is 24.0 Å². The van der Waals surface area contributed by atoms with E-state index in [1.807, 2.05) is 36.4 Å². The monoisotopic (exact) mass is 558 g/mol. The maximum Gasteiger partial charge on any atom is 0.243 e. The first-order chi connectivity index (χ1) is 14.5. The number of nitrogens with zero attached hydrogens (tertiary/aromatic N) is 2. The van der Waals surface area contributed by atoms with Crippen LogP contribution in [0.5, 0.6) is 5.75 Å². The Bertz CT molecular complexity index is 959. The summed E-state index contributed by atoms with van der Waals surface area (Å²) in [4.78, 5) is 4.61. The minimum atomic E-state index is -3.49. The van der Waals surface area contributed by atoms with Crippen molar-refractivity contribution in [2.24, 2.45) is 4.99 Å². The zero-order valence-corrected chi connectivity index (χ0v) is 21.2. The fraction of sp³-hybridized carbons (Fsp3) is 0.409. The molecule has 2 aromatic rings. The fourth-order valence-corrected chi connectivity index (χ4v) is 5.21. The molecule has 1 heterocycles. The molecule has 0 spiro atoms. The van der Waals surface area contributed by atoms with E-state index in [1.54, 1.807) is 30.6 Å². The predicted octanol–water partition coefficient (Wildman–Crippen LogP) is 3.35. The maximum atomic E-state index is 13.1. The molecule has 0 atom stereocenters. The van der Waals surface area contributed by atoms with Gasteiger partial charge in [0.25, 0.3) is 0 Å². The van der Waals surface area contributed by atoms with Crippen molar-refractivity contribution < 1.29 is 13.2 Å². The van der Waals surface area contributed by atoms with Crippen LogP contribution >= 0.6 is 24.0 Å². The van der Waals surface area contributed by atoms with E-state index in [1.165, 1.54) is 0 Å². The molecular formula is C22H31IN4O3S. The van der Waals surface area contributed by atoms with Gasteiger partial charge < -0.3 is 15.4 Å². The van der Waals surface area contributed by atoms with E-state index < -0.39 is 10.0 Å². The van der Waals surface area contributed by atoms with Gasteiger partial charge in [-0.1, -0.05) is 36.8 Å². The van der Waals surface area contributed by atoms with Crippen LogP contribution in [0.2, 0.25) is 0 Å². The molecule has 1 saturated heterocycles. The Morgan fingerprint density at radius 1 is 1.00 bits per heavy atom. The van der Waals surface area contributed by atoms with Gasteiger partial charge in [-0.3, -0.25) is 4.99 Å². The average molecular weight is 558 g/mol. The van der Waals surface area contributed by atoms with Crippen LogP contribution in [0.3, 0.4) is 0 Å². The van der Waals surface area contributed by atoms with Gasteiger partial charge in [-0.05, 0) is 42.2 Å². The highest BCUT2D eigenvalue weighted by Crippen LogP contribution is 2.23. The summed E-state index contributed by atoms with van der Waals surface area (Å²) in [5.74, 6) is 1.42. The van der Waals surface area contributed by atoms with Gasteiger partial charge >= 0.3 is 0 Å². The first-order valence-electron chi connectivity index (χ1n) is 10.2. The second-order valence-electron chi connectivity index (χ2n) is 7.20. The summed E-state index contributed by atoms with van der Waals surface area (Å²) in [6.45, 7) is 2.15. The van der Waals surface area contributed by atoms with Gasteiger partial charge in [0.15, 0.2) is 5.96 Å². The first kappa shape index (κ1) is 25.4. The molecule has 0 saturated carbocycles. The van der Waals surface area contributed by atoms with E-state index in [0.29, 0.717) is 37.0 Å². The standard InChI is InChI=1S/C22H30N4O3S.HI/c1-23-22(24-16-18-10-12-20(29-2)13-11-18)25-17-19-8-4-5-9-21(19)30(27,28)26-14-6-3-7-15-26;/h4-5,8-13H,3,6-7,14-17H2,1-2H3,(H2,23,24,25);1H. The number of piperidine rings is 1. The van der Waals surface area contributed by atoms with Crippen molar-refractivity contribution in [2.75, 3.05) is 27.2 Å². The van der Waals surface area contributed by atoms with Crippen molar-refractivity contribution in [3.8, 4) is 5.75 Å². The third-order valence-corrected chi connectivity index (χ3v) is 7.19. The Kier molecular flexibility index (Phi) is 10.0. The van der Waals surface area contributed by atoms with Crippen molar-refractivity contribution in [1.82, 2.24) is 14.9 Å². The summed E-state index contributed by atoms with van der Waals surface area (Å²) >= 11 is 0. The summed E-state index contributed by atoms with van der Waals surface area (Å²) in [5, 5.41) is 6.48. The largest absolute Gasteiger partial charge is 0.497 e. The van der Waals surface area contributed by atoms with Crippen LogP contribution in [0, 0.1) is 0 Å². The fourth-order valence-electron chi connectivity index (χ4n) is 3.47. The molecule has 2 aromatic carbocycles. The second kappa shape index (κ2) is 12.3. The lowest BCUT2D eigenvalue weighted by Crippen LogP contribution is -2.38. The Balaban J connectivity index is 0.00000341. The molecule has 0 amide bonds. The van der Waals surface area contributed by atoms with Gasteiger partial charge in [0.1, 0.15) is 5.75 Å². The van der Waals surface area contributed by atoms with Gasteiger partial charge in [-0.15, -0.1) is 24.0 Å². The van der Waals surface area contributed by atoms with Crippen LogP contribution in [-0.4, -0.2) is 45.9 Å². The molecule has 1 aliphatic heterocycles. The zero-order chi connectivity index (χ0) is 21.4. The zero-order valence-electron chi connectivity index (χ0n) is 18.0. The molecule has 0 aliphatic carbocycles. The van der Waals surface area contributed by atoms with Crippen molar-refractivity contribution in [3.05, 3.63) is 59.7 Å². The lowest BCUT2D eigenvalue weighted by Gasteiger charge is -2.27. The lowest BCUT2D eigenvalue weighted by atomic mass is 10.2. The molecule has 0 aromatic heterocycles. The summed E-state index contributed by atoms with van der Waals surface area (Å²) in [5.41, 5.74) is 1.82. The van der Waals surface area contributed by atoms with E-state index in [9.17, 15) is 8.42 Å². The van der Waals surface area contributed by atoms with Crippen LogP contribution in [0.1, 0.15) is 30.4 Å². The Labute approximate surface area is 202 Å². The van der Waals surface area contributed by atoms with Gasteiger partial charge in [0, 0.05) is 33.2 Å². The normalized spacial score (nSPS) is 15.1. The summed E-state index contributed by atoms with van der Waals surface area (Å²) < 4.78 is 33.0. The Hall–Kier alpha value is -1.85. The van der Waals surface area contributed by atoms with E-state index in [2.05, 4.69) is 15.6 Å². The topological polar surface area (TPSA) is 83.0 Å². The molecule has 7 nitrogen and oxygen atoms in total. The number of hydrogen-bond acceptors (Lipinski definition) is 4. The summed E-state index contributed by atoms with van der Waals surface area (Å²) in [7, 11) is -0.153. The van der Waals surface area contributed by atoms with Gasteiger partial charge in [-0.25, -0.2) is 8.42 Å². The van der Waals surface area contributed by atoms with Crippen molar-refractivity contribution >= 4 is 40.0 Å². The Morgan fingerprint density at radius 3 is 2.29 bits per heavy atom. The Morgan fingerprint density at radius 2 is 1.65 bits per heavy atom. The third kappa shape index (κ3) is 6.81. The van der Waals surface area contributed by atoms with Crippen LogP contribution in [0.4, 0.5) is 0 Å². The minimum Gasteiger partial charge on any atom is -0.497 e. The molecule has 0 bridgehead atoms. The number of rotatable bonds is 7. The number of guanidine groups is 1. The van der Waals surface area contributed by atoms with E-state index >= 15 is 0 Å². The minimum absolute atomic E-state index is 0. The van der Waals surface area contributed by atoms with Gasteiger partial charge in [0.05, 0.1) is 12.0 Å². The highest BCUT2D eigenvalue weighted by Gasteiger charge is 2.27. The molecule has 31 heavy (non-hydrogen) atoms. The van der Waals surface area contributed by atoms with Crippen LogP contribution in [-0.2, 0) is 23.1 Å². The van der Waals surface area contributed by atoms with Crippen molar-refractivity contribution in [2.45, 2.75) is 37.2 Å². The van der Waals surface area contributed by atoms with Crippen LogP contribution in [0.15, 0.2) is 58.4 Å². The third-order valence-electron chi connectivity index (χ3n) is 5.19. The highest BCUT2D eigenvalue weighted by atomic mass is 127. The molecule has 3 rings (SSSR count). The molecule has 9 heteroatoms. The van der Waals surface area contributed by atoms with Crippen molar-refractivity contribution in [1.29, 1.82) is 0 Å².